The number of morpholine rings is 1. The van der Waals surface area contributed by atoms with Crippen molar-refractivity contribution in [1.29, 1.82) is 0 Å². The van der Waals surface area contributed by atoms with Crippen LogP contribution >= 0.6 is 22.7 Å². The van der Waals surface area contributed by atoms with E-state index >= 15 is 0 Å². The number of alkyl halides is 3. The Morgan fingerprint density at radius 2 is 1.84 bits per heavy atom. The summed E-state index contributed by atoms with van der Waals surface area (Å²) in [6.45, 7) is 6.79. The summed E-state index contributed by atoms with van der Waals surface area (Å²) in [6.07, 6.45) is -3.11. The minimum atomic E-state index is -5.08. The van der Waals surface area contributed by atoms with E-state index in [-0.39, 0.29) is 5.91 Å². The van der Waals surface area contributed by atoms with E-state index in [9.17, 15) is 18.0 Å². The van der Waals surface area contributed by atoms with Gasteiger partial charge in [0.25, 0.3) is 5.91 Å². The minimum Gasteiger partial charge on any atom is -0.475 e. The minimum absolute atomic E-state index is 0.0613. The van der Waals surface area contributed by atoms with Crippen LogP contribution in [0, 0.1) is 6.92 Å². The van der Waals surface area contributed by atoms with Crippen molar-refractivity contribution in [1.82, 2.24) is 24.6 Å². The second-order valence-electron chi connectivity index (χ2n) is 8.20. The number of nitrogens with one attached hydrogen (secondary N) is 1. The van der Waals surface area contributed by atoms with Gasteiger partial charge in [-0.1, -0.05) is 6.07 Å². The van der Waals surface area contributed by atoms with Crippen LogP contribution in [-0.2, 0) is 9.53 Å². The third kappa shape index (κ3) is 6.75. The number of carbonyl (C=O) groups excluding carboxylic acids is 1. The molecule has 0 aliphatic carbocycles. The molecule has 2 N–H and O–H groups in total. The number of rotatable bonds is 6. The SMILES string of the molecule is Cc1nc(-c2nc(-c3cc(C(=O)NCCN4CCOCC4)c4ccccn34)cs2)cs1.O=C(O)C(F)(F)F. The number of nitrogens with zero attached hydrogens (tertiary/aromatic N) is 4. The fourth-order valence-corrected chi connectivity index (χ4v) is 5.20. The van der Waals surface area contributed by atoms with Gasteiger partial charge in [0, 0.05) is 43.1 Å². The van der Waals surface area contributed by atoms with E-state index in [0.717, 1.165) is 65.5 Å². The molecule has 4 aromatic heterocycles. The number of aryl methyl sites for hydroxylation is 1. The zero-order valence-corrected chi connectivity index (χ0v) is 21.8. The van der Waals surface area contributed by atoms with Crippen molar-refractivity contribution in [3.05, 3.63) is 51.8 Å². The number of amides is 1. The summed E-state index contributed by atoms with van der Waals surface area (Å²) >= 11 is 3.19. The lowest BCUT2D eigenvalue weighted by atomic mass is 10.2. The molecule has 0 spiro atoms. The molecule has 0 atom stereocenters. The van der Waals surface area contributed by atoms with Gasteiger partial charge >= 0.3 is 12.1 Å². The van der Waals surface area contributed by atoms with Gasteiger partial charge in [-0.15, -0.1) is 22.7 Å². The van der Waals surface area contributed by atoms with E-state index in [0.29, 0.717) is 12.1 Å². The van der Waals surface area contributed by atoms with Crippen LogP contribution in [0.15, 0.2) is 41.2 Å². The predicted octanol–water partition coefficient (Wildman–Crippen LogP) is 4.19. The number of pyridine rings is 1. The summed E-state index contributed by atoms with van der Waals surface area (Å²) in [5.41, 5.74) is 4.19. The molecule has 5 rings (SSSR count). The zero-order valence-electron chi connectivity index (χ0n) is 20.2. The molecule has 0 unspecified atom stereocenters. The molecule has 0 bridgehead atoms. The highest BCUT2D eigenvalue weighted by atomic mass is 32.1. The van der Waals surface area contributed by atoms with E-state index in [1.54, 1.807) is 22.7 Å². The molecule has 4 aromatic rings. The molecule has 14 heteroatoms. The molecule has 1 saturated heterocycles. The molecule has 9 nitrogen and oxygen atoms in total. The first kappa shape index (κ1) is 27.7. The number of carbonyl (C=O) groups is 2. The second-order valence-corrected chi connectivity index (χ2v) is 10.1. The standard InChI is InChI=1S/C22H23N5O2S2.C2HF3O2/c1-15-24-18(14-30-15)22-25-17(13-31-22)20-12-16(19-4-2-3-6-27(19)20)21(28)23-5-7-26-8-10-29-11-9-26;3-2(4,5)1(6)7/h2-4,6,12-14H,5,7-11H2,1H3,(H,23,28);(H,6,7). The molecule has 1 fully saturated rings. The van der Waals surface area contributed by atoms with Crippen LogP contribution < -0.4 is 5.32 Å². The number of fused-ring (bicyclic) bond motifs is 1. The van der Waals surface area contributed by atoms with Gasteiger partial charge < -0.3 is 19.6 Å². The maximum atomic E-state index is 13.0. The van der Waals surface area contributed by atoms with Crippen LogP contribution in [0.2, 0.25) is 0 Å². The summed E-state index contributed by atoms with van der Waals surface area (Å²) in [4.78, 5) is 33.5. The lowest BCUT2D eigenvalue weighted by Gasteiger charge is -2.26. The highest BCUT2D eigenvalue weighted by Gasteiger charge is 2.38. The van der Waals surface area contributed by atoms with Gasteiger partial charge in [-0.05, 0) is 25.1 Å². The Bertz CT molecular complexity index is 1410. The first-order valence-electron chi connectivity index (χ1n) is 11.5. The summed E-state index contributed by atoms with van der Waals surface area (Å²) in [7, 11) is 0. The summed E-state index contributed by atoms with van der Waals surface area (Å²) in [5, 5.41) is 16.2. The molecule has 1 amide bonds. The van der Waals surface area contributed by atoms with Gasteiger partial charge in [-0.3, -0.25) is 9.69 Å². The van der Waals surface area contributed by atoms with Crippen molar-refractivity contribution in [2.75, 3.05) is 39.4 Å². The van der Waals surface area contributed by atoms with Gasteiger partial charge in [0.05, 0.1) is 40.7 Å². The monoisotopic (exact) mass is 567 g/mol. The Kier molecular flexibility index (Phi) is 8.76. The van der Waals surface area contributed by atoms with Gasteiger partial charge in [-0.2, -0.15) is 13.2 Å². The third-order valence-corrected chi connectivity index (χ3v) is 7.22. The van der Waals surface area contributed by atoms with Gasteiger partial charge in [0.15, 0.2) is 0 Å². The predicted molar refractivity (Wildman–Crippen MR) is 138 cm³/mol. The van der Waals surface area contributed by atoms with Crippen molar-refractivity contribution < 1.29 is 32.6 Å². The van der Waals surface area contributed by atoms with Crippen LogP contribution in [-0.4, -0.2) is 81.8 Å². The van der Waals surface area contributed by atoms with Crippen LogP contribution in [0.25, 0.3) is 27.6 Å². The normalized spacial score (nSPS) is 14.2. The van der Waals surface area contributed by atoms with Gasteiger partial charge in [0.2, 0.25) is 0 Å². The van der Waals surface area contributed by atoms with E-state index in [4.69, 9.17) is 19.6 Å². The highest BCUT2D eigenvalue weighted by Crippen LogP contribution is 2.32. The molecule has 1 aliphatic rings. The van der Waals surface area contributed by atoms with Gasteiger partial charge in [0.1, 0.15) is 10.7 Å². The number of aliphatic carboxylic acids is 1. The van der Waals surface area contributed by atoms with Crippen molar-refractivity contribution in [2.24, 2.45) is 0 Å². The molecule has 0 aromatic carbocycles. The average Bonchev–Trinajstić information content (AvgIpc) is 3.62. The first-order valence-corrected chi connectivity index (χ1v) is 13.3. The second kappa shape index (κ2) is 12.0. The summed E-state index contributed by atoms with van der Waals surface area (Å²) in [5.74, 6) is -2.82. The fraction of sp³-hybridized carbons (Fsp3) is 0.333. The maximum Gasteiger partial charge on any atom is 0.490 e. The van der Waals surface area contributed by atoms with Crippen LogP contribution in [0.1, 0.15) is 15.4 Å². The first-order chi connectivity index (χ1) is 18.1. The van der Waals surface area contributed by atoms with Crippen molar-refractivity contribution >= 4 is 40.1 Å². The Morgan fingerprint density at radius 1 is 1.13 bits per heavy atom. The lowest BCUT2D eigenvalue weighted by Crippen LogP contribution is -2.41. The number of thiazole rings is 2. The van der Waals surface area contributed by atoms with E-state index in [1.807, 2.05) is 52.5 Å². The lowest BCUT2D eigenvalue weighted by molar-refractivity contribution is -0.192. The number of halogens is 3. The molecule has 5 heterocycles. The van der Waals surface area contributed by atoms with Gasteiger partial charge in [-0.25, -0.2) is 14.8 Å². The fourth-order valence-electron chi connectivity index (χ4n) is 3.75. The number of aromatic nitrogens is 3. The van der Waals surface area contributed by atoms with Crippen molar-refractivity contribution in [2.45, 2.75) is 13.1 Å². The summed E-state index contributed by atoms with van der Waals surface area (Å²) in [6, 6.07) is 7.82. The highest BCUT2D eigenvalue weighted by molar-refractivity contribution is 7.14. The van der Waals surface area contributed by atoms with E-state index < -0.39 is 12.1 Å². The Balaban J connectivity index is 0.000000426. The van der Waals surface area contributed by atoms with Crippen LogP contribution in [0.3, 0.4) is 0 Å². The third-order valence-electron chi connectivity index (χ3n) is 5.59. The number of ether oxygens (including phenoxy) is 1. The quantitative estimate of drug-likeness (QED) is 0.360. The van der Waals surface area contributed by atoms with E-state index in [1.165, 1.54) is 0 Å². The number of carboxylic acids is 1. The number of carboxylic acid groups (broad SMARTS) is 1. The van der Waals surface area contributed by atoms with Crippen molar-refractivity contribution in [3.63, 3.8) is 0 Å². The molecular weight excluding hydrogens is 543 g/mol. The largest absolute Gasteiger partial charge is 0.490 e. The maximum absolute atomic E-state index is 13.0. The molecule has 202 valence electrons. The molecular formula is C24H24F3N5O4S2. The molecule has 38 heavy (non-hydrogen) atoms. The van der Waals surface area contributed by atoms with Crippen LogP contribution in [0.5, 0.6) is 0 Å². The van der Waals surface area contributed by atoms with E-state index in [2.05, 4.69) is 15.2 Å². The Hall–Kier alpha value is -3.33. The Morgan fingerprint density at radius 3 is 2.50 bits per heavy atom. The molecule has 1 aliphatic heterocycles. The zero-order chi connectivity index (χ0) is 27.3. The smallest absolute Gasteiger partial charge is 0.475 e. The van der Waals surface area contributed by atoms with Crippen LogP contribution in [0.4, 0.5) is 13.2 Å². The number of hydrogen-bond acceptors (Lipinski definition) is 8. The summed E-state index contributed by atoms with van der Waals surface area (Å²) < 4.78 is 39.1. The number of hydrogen-bond donors (Lipinski definition) is 2. The molecule has 0 radical (unpaired) electrons. The average molecular weight is 568 g/mol. The molecule has 0 saturated carbocycles. The topological polar surface area (TPSA) is 109 Å². The van der Waals surface area contributed by atoms with Crippen molar-refractivity contribution in [3.8, 4) is 22.1 Å². The Labute approximate surface area is 223 Å².